The minimum Gasteiger partial charge on any atom is -0.450 e. The lowest BCUT2D eigenvalue weighted by Crippen LogP contribution is -2.47. The van der Waals surface area contributed by atoms with E-state index in [1.54, 1.807) is 24.0 Å². The first-order valence-electron chi connectivity index (χ1n) is 8.38. The second-order valence-corrected chi connectivity index (χ2v) is 6.24. The highest BCUT2D eigenvalue weighted by Gasteiger charge is 2.25. The summed E-state index contributed by atoms with van der Waals surface area (Å²) in [6.07, 6.45) is 0.974. The molecule has 2 amide bonds. The van der Waals surface area contributed by atoms with Crippen LogP contribution in [0, 0.1) is 0 Å². The Morgan fingerprint density at radius 1 is 1.33 bits per heavy atom. The van der Waals surface area contributed by atoms with E-state index in [0.29, 0.717) is 32.5 Å². The molecular weight excluding hydrogens is 310 g/mol. The van der Waals surface area contributed by atoms with Crippen molar-refractivity contribution in [2.45, 2.75) is 45.6 Å². The molecule has 0 atom stereocenters. The monoisotopic (exact) mass is 335 g/mol. The van der Waals surface area contributed by atoms with Gasteiger partial charge < -0.3 is 19.9 Å². The lowest BCUT2D eigenvalue weighted by atomic mass is 10.0. The number of piperidine rings is 1. The molecule has 7 heteroatoms. The van der Waals surface area contributed by atoms with E-state index >= 15 is 0 Å². The smallest absolute Gasteiger partial charge is 0.409 e. The van der Waals surface area contributed by atoms with Crippen molar-refractivity contribution in [2.24, 2.45) is 0 Å². The Bertz CT molecular complexity index is 645. The summed E-state index contributed by atoms with van der Waals surface area (Å²) in [5.74, 6) is -0.178. The van der Waals surface area contributed by atoms with Crippen LogP contribution in [-0.2, 0) is 4.74 Å². The summed E-state index contributed by atoms with van der Waals surface area (Å²) in [5.41, 5.74) is 0.550. The molecule has 0 saturated carbocycles. The first kappa shape index (κ1) is 18.0. The number of likely N-dealkylation sites (tertiary alicyclic amines) is 1. The average molecular weight is 335 g/mol. The van der Waals surface area contributed by atoms with Crippen LogP contribution in [-0.4, -0.2) is 47.6 Å². The molecule has 2 N–H and O–H groups in total. The van der Waals surface area contributed by atoms with Gasteiger partial charge in [-0.2, -0.15) is 0 Å². The molecule has 0 unspecified atom stereocenters. The Morgan fingerprint density at radius 2 is 2.00 bits per heavy atom. The topological polar surface area (TPSA) is 91.5 Å². The maximum Gasteiger partial charge on any atom is 0.409 e. The fourth-order valence-corrected chi connectivity index (χ4v) is 2.69. The lowest BCUT2D eigenvalue weighted by Gasteiger charge is -2.31. The van der Waals surface area contributed by atoms with Gasteiger partial charge in [0.25, 0.3) is 11.5 Å². The maximum atomic E-state index is 12.3. The van der Waals surface area contributed by atoms with E-state index in [9.17, 15) is 14.4 Å². The van der Waals surface area contributed by atoms with E-state index in [1.165, 1.54) is 0 Å². The fraction of sp³-hybridized carbons (Fsp3) is 0.588. The van der Waals surface area contributed by atoms with Crippen molar-refractivity contribution in [3.05, 3.63) is 33.7 Å². The Kier molecular flexibility index (Phi) is 6.00. The number of amides is 2. The highest BCUT2D eigenvalue weighted by molar-refractivity contribution is 5.94. The van der Waals surface area contributed by atoms with Gasteiger partial charge in [-0.05, 0) is 37.8 Å². The molecule has 0 spiro atoms. The van der Waals surface area contributed by atoms with Gasteiger partial charge in [-0.3, -0.25) is 9.59 Å². The molecule has 2 heterocycles. The Hall–Kier alpha value is -2.31. The number of aromatic nitrogens is 1. The summed E-state index contributed by atoms with van der Waals surface area (Å²) < 4.78 is 4.97. The Balaban J connectivity index is 1.92. The van der Waals surface area contributed by atoms with Crippen LogP contribution in [0.2, 0.25) is 0 Å². The first-order chi connectivity index (χ1) is 11.4. The van der Waals surface area contributed by atoms with E-state index in [0.717, 1.165) is 5.69 Å². The highest BCUT2D eigenvalue weighted by Crippen LogP contribution is 2.13. The van der Waals surface area contributed by atoms with E-state index < -0.39 is 0 Å². The lowest BCUT2D eigenvalue weighted by molar-refractivity contribution is 0.0859. The number of hydrogen-bond acceptors (Lipinski definition) is 4. The maximum absolute atomic E-state index is 12.3. The number of aromatic amines is 1. The normalized spacial score (nSPS) is 15.4. The number of pyridine rings is 1. The number of H-pyrrole nitrogens is 1. The molecular formula is C17H25N3O4. The molecule has 1 aromatic heterocycles. The standard InChI is InChI=1S/C17H25N3O4/c1-4-24-17(23)20-9-7-12(8-10-20)18-15(21)13-5-6-14(11(2)3)19-16(13)22/h5-6,11-12H,4,7-10H2,1-3H3,(H,18,21)(H,19,22). The predicted molar refractivity (Wildman–Crippen MR) is 90.2 cm³/mol. The van der Waals surface area contributed by atoms with E-state index in [2.05, 4.69) is 10.3 Å². The first-order valence-corrected chi connectivity index (χ1v) is 8.38. The zero-order valence-electron chi connectivity index (χ0n) is 14.4. The average Bonchev–Trinajstić information content (AvgIpc) is 2.55. The SMILES string of the molecule is CCOC(=O)N1CCC(NC(=O)c2ccc(C(C)C)[nH]c2=O)CC1. The molecule has 1 aliphatic rings. The van der Waals surface area contributed by atoms with Crippen LogP contribution in [0.3, 0.4) is 0 Å². The minimum atomic E-state index is -0.374. The van der Waals surface area contributed by atoms with Crippen molar-refractivity contribution < 1.29 is 14.3 Å². The molecule has 1 aliphatic heterocycles. The molecule has 1 fully saturated rings. The number of carbonyl (C=O) groups is 2. The number of carbonyl (C=O) groups excluding carboxylic acids is 2. The van der Waals surface area contributed by atoms with Gasteiger partial charge in [-0.15, -0.1) is 0 Å². The van der Waals surface area contributed by atoms with Crippen LogP contribution in [0.4, 0.5) is 4.79 Å². The van der Waals surface area contributed by atoms with Gasteiger partial charge in [0.15, 0.2) is 0 Å². The molecule has 0 bridgehead atoms. The zero-order valence-corrected chi connectivity index (χ0v) is 14.4. The van der Waals surface area contributed by atoms with Gasteiger partial charge >= 0.3 is 6.09 Å². The third kappa shape index (κ3) is 4.37. The highest BCUT2D eigenvalue weighted by atomic mass is 16.6. The zero-order chi connectivity index (χ0) is 17.7. The van der Waals surface area contributed by atoms with Crippen molar-refractivity contribution in [3.8, 4) is 0 Å². The Morgan fingerprint density at radius 3 is 2.54 bits per heavy atom. The number of nitrogens with zero attached hydrogens (tertiary/aromatic N) is 1. The summed E-state index contributed by atoms with van der Waals surface area (Å²) >= 11 is 0. The second kappa shape index (κ2) is 7.99. The van der Waals surface area contributed by atoms with E-state index in [1.807, 2.05) is 13.8 Å². The van der Waals surface area contributed by atoms with Gasteiger partial charge in [0.05, 0.1) is 6.61 Å². The molecule has 2 rings (SSSR count). The quantitative estimate of drug-likeness (QED) is 0.878. The molecule has 1 saturated heterocycles. The molecule has 0 aliphatic carbocycles. The van der Waals surface area contributed by atoms with Crippen molar-refractivity contribution in [2.75, 3.05) is 19.7 Å². The van der Waals surface area contributed by atoms with Crippen molar-refractivity contribution in [1.82, 2.24) is 15.2 Å². The molecule has 0 radical (unpaired) electrons. The van der Waals surface area contributed by atoms with Gasteiger partial charge in [-0.1, -0.05) is 13.8 Å². The summed E-state index contributed by atoms with van der Waals surface area (Å²) in [6.45, 7) is 7.14. The van der Waals surface area contributed by atoms with Gasteiger partial charge in [-0.25, -0.2) is 4.79 Å². The summed E-state index contributed by atoms with van der Waals surface area (Å²) in [5, 5.41) is 2.88. The molecule has 132 valence electrons. The Labute approximate surface area is 141 Å². The number of nitrogens with one attached hydrogen (secondary N) is 2. The fourth-order valence-electron chi connectivity index (χ4n) is 2.69. The van der Waals surface area contributed by atoms with Crippen LogP contribution in [0.1, 0.15) is 55.6 Å². The number of rotatable bonds is 4. The van der Waals surface area contributed by atoms with Crippen molar-refractivity contribution in [1.29, 1.82) is 0 Å². The summed E-state index contributed by atoms with van der Waals surface area (Å²) in [7, 11) is 0. The van der Waals surface area contributed by atoms with E-state index in [4.69, 9.17) is 4.74 Å². The van der Waals surface area contributed by atoms with Gasteiger partial charge in [0.1, 0.15) is 5.56 Å². The van der Waals surface area contributed by atoms with Gasteiger partial charge in [0.2, 0.25) is 0 Å². The second-order valence-electron chi connectivity index (χ2n) is 6.24. The van der Waals surface area contributed by atoms with Crippen LogP contribution < -0.4 is 10.9 Å². The van der Waals surface area contributed by atoms with Crippen molar-refractivity contribution in [3.63, 3.8) is 0 Å². The van der Waals surface area contributed by atoms with Crippen LogP contribution in [0.5, 0.6) is 0 Å². The number of ether oxygens (including phenoxy) is 1. The molecule has 7 nitrogen and oxygen atoms in total. The van der Waals surface area contributed by atoms with Crippen LogP contribution >= 0.6 is 0 Å². The third-order valence-corrected chi connectivity index (χ3v) is 4.15. The summed E-state index contributed by atoms with van der Waals surface area (Å²) in [4.78, 5) is 40.4. The van der Waals surface area contributed by atoms with Crippen LogP contribution in [0.25, 0.3) is 0 Å². The van der Waals surface area contributed by atoms with E-state index in [-0.39, 0.29) is 35.1 Å². The molecule has 0 aromatic carbocycles. The molecule has 1 aromatic rings. The van der Waals surface area contributed by atoms with Crippen LogP contribution in [0.15, 0.2) is 16.9 Å². The van der Waals surface area contributed by atoms with Gasteiger partial charge in [0, 0.05) is 24.8 Å². The van der Waals surface area contributed by atoms with Crippen molar-refractivity contribution >= 4 is 12.0 Å². The third-order valence-electron chi connectivity index (χ3n) is 4.15. The predicted octanol–water partition coefficient (Wildman–Crippen LogP) is 1.85. The summed E-state index contributed by atoms with van der Waals surface area (Å²) in [6, 6.07) is 3.29. The largest absolute Gasteiger partial charge is 0.450 e. The molecule has 24 heavy (non-hydrogen) atoms. The number of hydrogen-bond donors (Lipinski definition) is 2. The minimum absolute atomic E-state index is 0.0487.